The van der Waals surface area contributed by atoms with Crippen LogP contribution in [-0.2, 0) is 9.59 Å². The fraction of sp³-hybridized carbons (Fsp3) is 0.182. The molecule has 0 radical (unpaired) electrons. The number of hydrogen-bond donors (Lipinski definition) is 1. The summed E-state index contributed by atoms with van der Waals surface area (Å²) in [5.74, 6) is 0.740. The molecule has 2 aromatic carbocycles. The molecular formula is C22H19N3O4S3. The Balaban J connectivity index is 1.39. The molecule has 2 amide bonds. The van der Waals surface area contributed by atoms with E-state index in [0.29, 0.717) is 25.9 Å². The predicted molar refractivity (Wildman–Crippen MR) is 132 cm³/mol. The van der Waals surface area contributed by atoms with Crippen molar-refractivity contribution < 1.29 is 19.1 Å². The van der Waals surface area contributed by atoms with Gasteiger partial charge in [0.05, 0.1) is 29.3 Å². The largest absolute Gasteiger partial charge is 0.493 e. The lowest BCUT2D eigenvalue weighted by atomic mass is 10.2. The van der Waals surface area contributed by atoms with Crippen LogP contribution in [0.15, 0.2) is 47.4 Å². The summed E-state index contributed by atoms with van der Waals surface area (Å²) in [6, 6.07) is 13.1. The van der Waals surface area contributed by atoms with Gasteiger partial charge in [0, 0.05) is 13.0 Å². The number of carbonyl (C=O) groups excluding carboxylic acids is 2. The Hall–Kier alpha value is -2.95. The molecule has 1 aliphatic rings. The molecule has 1 aliphatic heterocycles. The molecule has 3 aromatic rings. The van der Waals surface area contributed by atoms with Gasteiger partial charge in [0.1, 0.15) is 4.32 Å². The highest BCUT2D eigenvalue weighted by Gasteiger charge is 2.32. The van der Waals surface area contributed by atoms with Crippen molar-refractivity contribution in [2.75, 3.05) is 26.1 Å². The minimum Gasteiger partial charge on any atom is -0.493 e. The van der Waals surface area contributed by atoms with Gasteiger partial charge in [0.2, 0.25) is 5.91 Å². The molecule has 0 atom stereocenters. The van der Waals surface area contributed by atoms with Gasteiger partial charge in [-0.1, -0.05) is 53.5 Å². The Labute approximate surface area is 198 Å². The molecule has 1 N–H and O–H groups in total. The van der Waals surface area contributed by atoms with Gasteiger partial charge in [-0.2, -0.15) is 0 Å². The number of methoxy groups -OCH3 is 2. The molecule has 1 saturated heterocycles. The van der Waals surface area contributed by atoms with E-state index in [1.165, 1.54) is 28.0 Å². The number of thioether (sulfide) groups is 1. The zero-order valence-corrected chi connectivity index (χ0v) is 19.7. The molecule has 32 heavy (non-hydrogen) atoms. The number of aromatic nitrogens is 1. The van der Waals surface area contributed by atoms with E-state index in [9.17, 15) is 9.59 Å². The summed E-state index contributed by atoms with van der Waals surface area (Å²) >= 11 is 7.99. The Morgan fingerprint density at radius 3 is 2.72 bits per heavy atom. The van der Waals surface area contributed by atoms with Gasteiger partial charge < -0.3 is 14.8 Å². The van der Waals surface area contributed by atoms with E-state index in [2.05, 4.69) is 10.3 Å². The Bertz CT molecular complexity index is 1210. The van der Waals surface area contributed by atoms with E-state index in [0.717, 1.165) is 15.8 Å². The fourth-order valence-corrected chi connectivity index (χ4v) is 5.30. The van der Waals surface area contributed by atoms with E-state index in [1.807, 2.05) is 30.3 Å². The third kappa shape index (κ3) is 4.77. The maximum Gasteiger partial charge on any atom is 0.266 e. The summed E-state index contributed by atoms with van der Waals surface area (Å²) in [5.41, 5.74) is 1.63. The molecule has 0 aliphatic carbocycles. The highest BCUT2D eigenvalue weighted by molar-refractivity contribution is 8.26. The SMILES string of the molecule is COc1ccc(/C=C2\SC(=S)N(CCC(=O)Nc3nc4ccccc4s3)C2=O)cc1OC. The van der Waals surface area contributed by atoms with Crippen LogP contribution in [0.2, 0.25) is 0 Å². The van der Waals surface area contributed by atoms with E-state index in [-0.39, 0.29) is 24.8 Å². The molecule has 0 spiro atoms. The quantitative estimate of drug-likeness (QED) is 0.389. The van der Waals surface area contributed by atoms with Crippen LogP contribution in [0.4, 0.5) is 5.13 Å². The number of thiazole rings is 1. The molecule has 164 valence electrons. The lowest BCUT2D eigenvalue weighted by Gasteiger charge is -2.13. The van der Waals surface area contributed by atoms with Crippen LogP contribution >= 0.6 is 35.3 Å². The molecule has 10 heteroatoms. The number of amides is 2. The van der Waals surface area contributed by atoms with E-state index in [1.54, 1.807) is 32.4 Å². The van der Waals surface area contributed by atoms with Crippen LogP contribution in [0, 0.1) is 0 Å². The maximum absolute atomic E-state index is 12.8. The summed E-state index contributed by atoms with van der Waals surface area (Å²) in [5, 5.41) is 3.34. The molecule has 1 fully saturated rings. The fourth-order valence-electron chi connectivity index (χ4n) is 3.11. The maximum atomic E-state index is 12.8. The average molecular weight is 486 g/mol. The highest BCUT2D eigenvalue weighted by atomic mass is 32.2. The number of nitrogens with zero attached hydrogens (tertiary/aromatic N) is 2. The molecule has 2 heterocycles. The number of thiocarbonyl (C=S) groups is 1. The van der Waals surface area contributed by atoms with Crippen molar-refractivity contribution in [3.8, 4) is 11.5 Å². The molecule has 7 nitrogen and oxygen atoms in total. The van der Waals surface area contributed by atoms with Gasteiger partial charge >= 0.3 is 0 Å². The van der Waals surface area contributed by atoms with Gasteiger partial charge in [-0.15, -0.1) is 0 Å². The van der Waals surface area contributed by atoms with Crippen LogP contribution in [0.5, 0.6) is 11.5 Å². The van der Waals surface area contributed by atoms with E-state index >= 15 is 0 Å². The molecular weight excluding hydrogens is 466 g/mol. The number of ether oxygens (including phenoxy) is 2. The topological polar surface area (TPSA) is 80.8 Å². The monoisotopic (exact) mass is 485 g/mol. The predicted octanol–water partition coefficient (Wildman–Crippen LogP) is 4.54. The minimum absolute atomic E-state index is 0.117. The Morgan fingerprint density at radius 2 is 1.97 bits per heavy atom. The number of para-hydroxylation sites is 1. The summed E-state index contributed by atoms with van der Waals surface area (Å²) in [6.45, 7) is 0.199. The summed E-state index contributed by atoms with van der Waals surface area (Å²) in [4.78, 5) is 31.6. The molecule has 1 aromatic heterocycles. The standard InChI is InChI=1S/C22H19N3O4S3/c1-28-15-8-7-13(11-16(15)29-2)12-18-20(27)25(22(30)32-18)10-9-19(26)24-21-23-14-5-3-4-6-17(14)31-21/h3-8,11-12H,9-10H2,1-2H3,(H,23,24,26)/b18-12-. The first-order chi connectivity index (χ1) is 15.5. The summed E-state index contributed by atoms with van der Waals surface area (Å²) in [6.07, 6.45) is 1.87. The number of nitrogens with one attached hydrogen (secondary N) is 1. The van der Waals surface area contributed by atoms with Gasteiger partial charge in [-0.05, 0) is 35.9 Å². The normalized spacial score (nSPS) is 14.9. The Kier molecular flexibility index (Phi) is 6.73. The summed E-state index contributed by atoms with van der Waals surface area (Å²) < 4.78 is 12.0. The van der Waals surface area contributed by atoms with Gasteiger partial charge in [0.25, 0.3) is 5.91 Å². The number of fused-ring (bicyclic) bond motifs is 1. The average Bonchev–Trinajstić information content (AvgIpc) is 3.31. The van der Waals surface area contributed by atoms with Crippen molar-refractivity contribution in [1.29, 1.82) is 0 Å². The smallest absolute Gasteiger partial charge is 0.266 e. The molecule has 0 saturated carbocycles. The third-order valence-corrected chi connectivity index (χ3v) is 7.01. The van der Waals surface area contributed by atoms with Crippen LogP contribution in [0.1, 0.15) is 12.0 Å². The summed E-state index contributed by atoms with van der Waals surface area (Å²) in [7, 11) is 3.12. The Morgan fingerprint density at radius 1 is 1.19 bits per heavy atom. The lowest BCUT2D eigenvalue weighted by Crippen LogP contribution is -2.31. The molecule has 0 bridgehead atoms. The number of carbonyl (C=O) groups is 2. The van der Waals surface area contributed by atoms with Gasteiger partial charge in [0.15, 0.2) is 16.6 Å². The van der Waals surface area contributed by atoms with Crippen molar-refractivity contribution in [3.63, 3.8) is 0 Å². The zero-order valence-electron chi connectivity index (χ0n) is 17.3. The number of rotatable bonds is 7. The van der Waals surface area contributed by atoms with Crippen LogP contribution in [-0.4, -0.2) is 46.8 Å². The second-order valence-electron chi connectivity index (χ2n) is 6.73. The van der Waals surface area contributed by atoms with Crippen molar-refractivity contribution in [2.24, 2.45) is 0 Å². The van der Waals surface area contributed by atoms with Crippen LogP contribution in [0.3, 0.4) is 0 Å². The third-order valence-electron chi connectivity index (χ3n) is 4.68. The first kappa shape index (κ1) is 22.3. The second kappa shape index (κ2) is 9.68. The number of hydrogen-bond acceptors (Lipinski definition) is 8. The molecule has 0 unspecified atom stereocenters. The first-order valence-corrected chi connectivity index (χ1v) is 11.7. The van der Waals surface area contributed by atoms with E-state index < -0.39 is 0 Å². The van der Waals surface area contributed by atoms with Crippen molar-refractivity contribution in [3.05, 3.63) is 52.9 Å². The highest BCUT2D eigenvalue weighted by Crippen LogP contribution is 2.35. The van der Waals surface area contributed by atoms with Crippen molar-refractivity contribution in [2.45, 2.75) is 6.42 Å². The lowest BCUT2D eigenvalue weighted by molar-refractivity contribution is -0.122. The van der Waals surface area contributed by atoms with Gasteiger partial charge in [-0.3, -0.25) is 14.5 Å². The number of benzene rings is 2. The second-order valence-corrected chi connectivity index (χ2v) is 9.44. The minimum atomic E-state index is -0.220. The van der Waals surface area contributed by atoms with Crippen LogP contribution in [0.25, 0.3) is 16.3 Å². The van der Waals surface area contributed by atoms with Crippen LogP contribution < -0.4 is 14.8 Å². The first-order valence-electron chi connectivity index (χ1n) is 9.61. The van der Waals surface area contributed by atoms with E-state index in [4.69, 9.17) is 21.7 Å². The van der Waals surface area contributed by atoms with Crippen molar-refractivity contribution in [1.82, 2.24) is 9.88 Å². The molecule has 4 rings (SSSR count). The number of anilines is 1. The van der Waals surface area contributed by atoms with Gasteiger partial charge in [-0.25, -0.2) is 4.98 Å². The zero-order chi connectivity index (χ0) is 22.7. The van der Waals surface area contributed by atoms with Crippen molar-refractivity contribution >= 4 is 72.9 Å².